The highest BCUT2D eigenvalue weighted by Gasteiger charge is 2.31. The fraction of sp³-hybridized carbons (Fsp3) is 0.143. The van der Waals surface area contributed by atoms with Crippen molar-refractivity contribution in [1.82, 2.24) is 0 Å². The minimum absolute atomic E-state index is 0.250. The average Bonchev–Trinajstić information content (AvgIpc) is 1.86. The Morgan fingerprint density at radius 2 is 1.64 bits per heavy atom. The van der Waals surface area contributed by atoms with Crippen LogP contribution in [0.5, 0.6) is 0 Å². The molecule has 0 radical (unpaired) electrons. The van der Waals surface area contributed by atoms with Crippen molar-refractivity contribution in [3.63, 3.8) is 0 Å². The maximum Gasteiger partial charge on any atom is 0.529 e. The first-order valence-corrected chi connectivity index (χ1v) is 5.09. The highest BCUT2D eigenvalue weighted by molar-refractivity contribution is 6.72. The minimum atomic E-state index is -4.08. The van der Waals surface area contributed by atoms with Crippen molar-refractivity contribution in [3.8, 4) is 0 Å². The third-order valence-corrected chi connectivity index (χ3v) is 2.79. The van der Waals surface area contributed by atoms with Crippen molar-refractivity contribution in [2.75, 3.05) is 0 Å². The average molecular weight is 170 g/mol. The van der Waals surface area contributed by atoms with E-state index in [1.165, 1.54) is 6.07 Å². The van der Waals surface area contributed by atoms with Gasteiger partial charge in [0, 0.05) is 5.19 Å². The van der Waals surface area contributed by atoms with Gasteiger partial charge in [0.15, 0.2) is 0 Å². The molecule has 0 saturated heterocycles. The molecule has 4 heteroatoms. The molecular formula is C7H10O3Si. The lowest BCUT2D eigenvalue weighted by molar-refractivity contribution is 0.249. The molecule has 1 aromatic rings. The molecule has 0 atom stereocenters. The Bertz CT molecular complexity index is 254. The van der Waals surface area contributed by atoms with Gasteiger partial charge in [0.25, 0.3) is 0 Å². The van der Waals surface area contributed by atoms with E-state index in [9.17, 15) is 0 Å². The van der Waals surface area contributed by atoms with Crippen LogP contribution in [0.25, 0.3) is 0 Å². The Hall–Kier alpha value is -0.683. The molecule has 0 spiro atoms. The summed E-state index contributed by atoms with van der Waals surface area (Å²) in [6.45, 7) is 1.72. The monoisotopic (exact) mass is 170 g/mol. The van der Waals surface area contributed by atoms with Gasteiger partial charge < -0.3 is 14.4 Å². The largest absolute Gasteiger partial charge is 0.529 e. The molecule has 1 aromatic carbocycles. The zero-order chi connectivity index (χ0) is 8.48. The van der Waals surface area contributed by atoms with Crippen LogP contribution in [0.3, 0.4) is 0 Å². The molecule has 0 heterocycles. The summed E-state index contributed by atoms with van der Waals surface area (Å²) in [5.74, 6) is 0. The summed E-state index contributed by atoms with van der Waals surface area (Å²) in [5.41, 5.74) is 0.701. The number of hydrogen-bond acceptors (Lipinski definition) is 3. The first-order valence-electron chi connectivity index (χ1n) is 3.25. The van der Waals surface area contributed by atoms with Crippen LogP contribution in [0.4, 0.5) is 0 Å². The van der Waals surface area contributed by atoms with Crippen LogP contribution >= 0.6 is 0 Å². The van der Waals surface area contributed by atoms with Gasteiger partial charge in [-0.3, -0.25) is 0 Å². The fourth-order valence-corrected chi connectivity index (χ4v) is 1.88. The van der Waals surface area contributed by atoms with E-state index in [0.29, 0.717) is 5.56 Å². The van der Waals surface area contributed by atoms with Crippen molar-refractivity contribution in [2.45, 2.75) is 6.92 Å². The van der Waals surface area contributed by atoms with Crippen molar-refractivity contribution >= 4 is 14.0 Å². The van der Waals surface area contributed by atoms with Crippen molar-refractivity contribution in [1.29, 1.82) is 0 Å². The fourth-order valence-electron chi connectivity index (χ4n) is 0.949. The Kier molecular flexibility index (Phi) is 2.10. The number of aryl methyl sites for hydroxylation is 1. The van der Waals surface area contributed by atoms with Crippen molar-refractivity contribution in [3.05, 3.63) is 29.8 Å². The second-order valence-electron chi connectivity index (χ2n) is 2.45. The summed E-state index contributed by atoms with van der Waals surface area (Å²) in [6.07, 6.45) is 0. The molecule has 0 bridgehead atoms. The first-order chi connectivity index (χ1) is 5.02. The minimum Gasteiger partial charge on any atom is -0.386 e. The normalized spacial score (nSPS) is 11.6. The van der Waals surface area contributed by atoms with Crippen LogP contribution < -0.4 is 5.19 Å². The summed E-state index contributed by atoms with van der Waals surface area (Å²) >= 11 is 0. The van der Waals surface area contributed by atoms with Crippen LogP contribution in [0.1, 0.15) is 5.56 Å². The van der Waals surface area contributed by atoms with E-state index in [4.69, 9.17) is 14.4 Å². The third-order valence-electron chi connectivity index (χ3n) is 1.51. The molecule has 0 aliphatic rings. The molecule has 0 unspecified atom stereocenters. The highest BCUT2D eigenvalue weighted by atomic mass is 28.4. The van der Waals surface area contributed by atoms with Crippen molar-refractivity contribution < 1.29 is 14.4 Å². The summed E-state index contributed by atoms with van der Waals surface area (Å²) in [5, 5.41) is 0.250. The SMILES string of the molecule is Cc1ccccc1[Si](O)(O)O. The Balaban J connectivity index is 3.14. The third kappa shape index (κ3) is 1.87. The second kappa shape index (κ2) is 2.75. The quantitative estimate of drug-likeness (QED) is 0.480. The van der Waals surface area contributed by atoms with Crippen molar-refractivity contribution in [2.24, 2.45) is 0 Å². The second-order valence-corrected chi connectivity index (χ2v) is 4.26. The maximum atomic E-state index is 8.92. The van der Waals surface area contributed by atoms with Gasteiger partial charge in [-0.1, -0.05) is 24.3 Å². The van der Waals surface area contributed by atoms with Crippen LogP contribution in [0.15, 0.2) is 24.3 Å². The van der Waals surface area contributed by atoms with E-state index in [2.05, 4.69) is 0 Å². The van der Waals surface area contributed by atoms with Gasteiger partial charge in [-0.25, -0.2) is 0 Å². The molecule has 3 N–H and O–H groups in total. The maximum absolute atomic E-state index is 8.92. The molecule has 0 amide bonds. The molecule has 3 nitrogen and oxygen atoms in total. The topological polar surface area (TPSA) is 60.7 Å². The summed E-state index contributed by atoms with van der Waals surface area (Å²) in [6, 6.07) is 6.67. The van der Waals surface area contributed by atoms with Gasteiger partial charge in [-0.05, 0) is 12.5 Å². The standard InChI is InChI=1S/C7H10O3Si/c1-6-4-2-3-5-7(6)11(8,9)10/h2-5,8-10H,1H3. The molecule has 0 saturated carbocycles. The van der Waals surface area contributed by atoms with E-state index in [-0.39, 0.29) is 5.19 Å². The van der Waals surface area contributed by atoms with Crippen LogP contribution in [0.2, 0.25) is 0 Å². The lowest BCUT2D eigenvalue weighted by Gasteiger charge is -2.11. The zero-order valence-electron chi connectivity index (χ0n) is 6.15. The zero-order valence-corrected chi connectivity index (χ0v) is 7.15. The Labute approximate surface area is 65.9 Å². The van der Waals surface area contributed by atoms with Gasteiger partial charge in [-0.15, -0.1) is 0 Å². The summed E-state index contributed by atoms with van der Waals surface area (Å²) in [4.78, 5) is 26.8. The van der Waals surface area contributed by atoms with E-state index in [0.717, 1.165) is 0 Å². The molecule has 0 aliphatic carbocycles. The van der Waals surface area contributed by atoms with Gasteiger partial charge in [0.05, 0.1) is 0 Å². The van der Waals surface area contributed by atoms with Gasteiger partial charge in [-0.2, -0.15) is 0 Å². The van der Waals surface area contributed by atoms with Gasteiger partial charge in [0.2, 0.25) is 0 Å². The van der Waals surface area contributed by atoms with Crippen LogP contribution in [-0.4, -0.2) is 23.2 Å². The molecule has 1 rings (SSSR count). The van der Waals surface area contributed by atoms with Gasteiger partial charge >= 0.3 is 8.80 Å². The first kappa shape index (κ1) is 8.41. The Morgan fingerprint density at radius 3 is 2.00 bits per heavy atom. The molecule has 0 aliphatic heterocycles. The molecule has 11 heavy (non-hydrogen) atoms. The smallest absolute Gasteiger partial charge is 0.386 e. The van der Waals surface area contributed by atoms with E-state index in [1.54, 1.807) is 25.1 Å². The van der Waals surface area contributed by atoms with Crippen LogP contribution in [-0.2, 0) is 0 Å². The number of rotatable bonds is 1. The lowest BCUT2D eigenvalue weighted by atomic mass is 10.2. The summed E-state index contributed by atoms with van der Waals surface area (Å²) in [7, 11) is -4.08. The molecular weight excluding hydrogens is 160 g/mol. The van der Waals surface area contributed by atoms with E-state index in [1.807, 2.05) is 0 Å². The summed E-state index contributed by atoms with van der Waals surface area (Å²) < 4.78 is 0. The number of benzene rings is 1. The predicted molar refractivity (Wildman–Crippen MR) is 43.2 cm³/mol. The van der Waals surface area contributed by atoms with E-state index >= 15 is 0 Å². The highest BCUT2D eigenvalue weighted by Crippen LogP contribution is 1.97. The van der Waals surface area contributed by atoms with Crippen LogP contribution in [0, 0.1) is 6.92 Å². The Morgan fingerprint density at radius 1 is 1.09 bits per heavy atom. The number of hydrogen-bond donors (Lipinski definition) is 3. The molecule has 60 valence electrons. The molecule has 0 aromatic heterocycles. The van der Waals surface area contributed by atoms with E-state index < -0.39 is 8.80 Å². The van der Waals surface area contributed by atoms with Gasteiger partial charge in [0.1, 0.15) is 0 Å². The molecule has 0 fully saturated rings. The predicted octanol–water partition coefficient (Wildman–Crippen LogP) is -0.882. The lowest BCUT2D eigenvalue weighted by Crippen LogP contribution is -2.49.